The highest BCUT2D eigenvalue weighted by Gasteiger charge is 1.89. The summed E-state index contributed by atoms with van der Waals surface area (Å²) in [6.45, 7) is 10.1. The van der Waals surface area contributed by atoms with Crippen LogP contribution in [-0.2, 0) is 0 Å². The molecular weight excluding hydrogens is 177 g/mol. The highest BCUT2D eigenvalue weighted by molar-refractivity contribution is 5.02. The second-order valence-corrected chi connectivity index (χ2v) is 2.92. The first kappa shape index (κ1) is 13.1. The molecule has 0 saturated carbocycles. The lowest BCUT2D eigenvalue weighted by atomic mass is 10.4. The molecule has 0 bridgehead atoms. The van der Waals surface area contributed by atoms with E-state index in [9.17, 15) is 4.39 Å². The first-order valence-electron chi connectivity index (χ1n) is 5.17. The first-order valence-corrected chi connectivity index (χ1v) is 5.17. The fourth-order valence-corrected chi connectivity index (χ4v) is 1.09. The molecular formula is C12H20FN. The van der Waals surface area contributed by atoms with Crippen molar-refractivity contribution < 1.29 is 4.39 Å². The Hall–Kier alpha value is -0.890. The Balaban J connectivity index is 0.000000241. The fourth-order valence-electron chi connectivity index (χ4n) is 1.09. The van der Waals surface area contributed by atoms with Gasteiger partial charge in [-0.15, -0.1) is 0 Å². The minimum atomic E-state index is -0.178. The highest BCUT2D eigenvalue weighted by atomic mass is 19.1. The fraction of sp³-hybridized carbons (Fsp3) is 0.500. The molecule has 0 heterocycles. The lowest BCUT2D eigenvalue weighted by molar-refractivity contribution is 0.321. The van der Waals surface area contributed by atoms with Crippen molar-refractivity contribution in [3.63, 3.8) is 0 Å². The molecule has 1 aromatic carbocycles. The van der Waals surface area contributed by atoms with Gasteiger partial charge in [-0.05, 0) is 31.8 Å². The zero-order valence-electron chi connectivity index (χ0n) is 9.33. The molecule has 0 aliphatic carbocycles. The van der Waals surface area contributed by atoms with Gasteiger partial charge in [0.15, 0.2) is 0 Å². The molecule has 0 aliphatic rings. The monoisotopic (exact) mass is 197 g/mol. The highest BCUT2D eigenvalue weighted by Crippen LogP contribution is 1.91. The zero-order chi connectivity index (χ0) is 10.8. The maximum atomic E-state index is 11.9. The summed E-state index contributed by atoms with van der Waals surface area (Å²) in [5.74, 6) is -0.178. The van der Waals surface area contributed by atoms with E-state index in [1.54, 1.807) is 18.2 Å². The van der Waals surface area contributed by atoms with Crippen LogP contribution in [0.25, 0.3) is 0 Å². The van der Waals surface area contributed by atoms with Crippen molar-refractivity contribution in [2.24, 2.45) is 0 Å². The molecule has 0 saturated heterocycles. The van der Waals surface area contributed by atoms with Gasteiger partial charge in [0.2, 0.25) is 0 Å². The normalized spacial score (nSPS) is 9.50. The molecule has 1 nitrogen and oxygen atoms in total. The van der Waals surface area contributed by atoms with Crippen molar-refractivity contribution in [1.29, 1.82) is 0 Å². The van der Waals surface area contributed by atoms with E-state index in [-0.39, 0.29) is 5.82 Å². The molecule has 1 aromatic rings. The number of halogens is 1. The summed E-state index contributed by atoms with van der Waals surface area (Å²) in [5, 5.41) is 0. The largest absolute Gasteiger partial charge is 0.304 e. The third kappa shape index (κ3) is 6.61. The van der Waals surface area contributed by atoms with Gasteiger partial charge in [0.1, 0.15) is 5.82 Å². The number of nitrogens with zero attached hydrogens (tertiary/aromatic N) is 1. The topological polar surface area (TPSA) is 3.24 Å². The first-order chi connectivity index (χ1) is 6.74. The summed E-state index contributed by atoms with van der Waals surface area (Å²) >= 11 is 0. The maximum Gasteiger partial charge on any atom is 0.123 e. The van der Waals surface area contributed by atoms with Crippen molar-refractivity contribution in [3.05, 3.63) is 36.1 Å². The minimum Gasteiger partial charge on any atom is -0.304 e. The van der Waals surface area contributed by atoms with Crippen LogP contribution >= 0.6 is 0 Å². The van der Waals surface area contributed by atoms with Gasteiger partial charge in [0.25, 0.3) is 0 Å². The van der Waals surface area contributed by atoms with Crippen molar-refractivity contribution in [3.8, 4) is 0 Å². The van der Waals surface area contributed by atoms with Gasteiger partial charge in [0, 0.05) is 0 Å². The molecule has 80 valence electrons. The molecule has 1 rings (SSSR count). The number of hydrogen-bond donors (Lipinski definition) is 0. The van der Waals surface area contributed by atoms with Gasteiger partial charge >= 0.3 is 0 Å². The van der Waals surface area contributed by atoms with Crippen LogP contribution in [0.3, 0.4) is 0 Å². The van der Waals surface area contributed by atoms with Gasteiger partial charge in [0.05, 0.1) is 0 Å². The summed E-state index contributed by atoms with van der Waals surface area (Å²) in [6, 6.07) is 7.94. The van der Waals surface area contributed by atoms with Gasteiger partial charge in [-0.25, -0.2) is 4.39 Å². The standard InChI is InChI=1S/C6H5F.C6H15N/c7-6-4-2-1-3-5-6;1-4-7(5-2)6-3/h1-5H;4-6H2,1-3H3. The SMILES string of the molecule is CCN(CC)CC.Fc1ccccc1. The molecule has 0 radical (unpaired) electrons. The maximum absolute atomic E-state index is 11.9. The third-order valence-electron chi connectivity index (χ3n) is 2.07. The Kier molecular flexibility index (Phi) is 8.14. The van der Waals surface area contributed by atoms with Crippen molar-refractivity contribution in [2.75, 3.05) is 19.6 Å². The van der Waals surface area contributed by atoms with Crippen LogP contribution in [0.15, 0.2) is 30.3 Å². The molecule has 2 heteroatoms. The van der Waals surface area contributed by atoms with E-state index in [0.717, 1.165) is 0 Å². The average Bonchev–Trinajstić information content (AvgIpc) is 2.22. The summed E-state index contributed by atoms with van der Waals surface area (Å²) in [5.41, 5.74) is 0. The van der Waals surface area contributed by atoms with Gasteiger partial charge in [-0.3, -0.25) is 0 Å². The Morgan fingerprint density at radius 1 is 0.929 bits per heavy atom. The van der Waals surface area contributed by atoms with Crippen LogP contribution in [0.5, 0.6) is 0 Å². The Labute approximate surface area is 86.6 Å². The van der Waals surface area contributed by atoms with E-state index in [0.29, 0.717) is 0 Å². The summed E-state index contributed by atoms with van der Waals surface area (Å²) in [4.78, 5) is 2.38. The van der Waals surface area contributed by atoms with Crippen molar-refractivity contribution in [1.82, 2.24) is 4.90 Å². The zero-order valence-corrected chi connectivity index (χ0v) is 9.33. The summed E-state index contributed by atoms with van der Waals surface area (Å²) < 4.78 is 11.9. The summed E-state index contributed by atoms with van der Waals surface area (Å²) in [6.07, 6.45) is 0. The predicted molar refractivity (Wildman–Crippen MR) is 59.9 cm³/mol. The predicted octanol–water partition coefficient (Wildman–Crippen LogP) is 3.17. The third-order valence-corrected chi connectivity index (χ3v) is 2.07. The molecule has 0 fully saturated rings. The van der Waals surface area contributed by atoms with E-state index in [4.69, 9.17) is 0 Å². The molecule has 0 spiro atoms. The van der Waals surface area contributed by atoms with E-state index in [1.165, 1.54) is 31.8 Å². The van der Waals surface area contributed by atoms with E-state index in [2.05, 4.69) is 25.7 Å². The number of benzene rings is 1. The number of rotatable bonds is 3. The van der Waals surface area contributed by atoms with Crippen LogP contribution in [-0.4, -0.2) is 24.5 Å². The lowest BCUT2D eigenvalue weighted by Gasteiger charge is -2.13. The Morgan fingerprint density at radius 2 is 1.36 bits per heavy atom. The Morgan fingerprint density at radius 3 is 1.50 bits per heavy atom. The smallest absolute Gasteiger partial charge is 0.123 e. The van der Waals surface area contributed by atoms with E-state index < -0.39 is 0 Å². The minimum absolute atomic E-state index is 0.178. The van der Waals surface area contributed by atoms with Crippen LogP contribution < -0.4 is 0 Å². The number of hydrogen-bond acceptors (Lipinski definition) is 1. The van der Waals surface area contributed by atoms with Crippen molar-refractivity contribution in [2.45, 2.75) is 20.8 Å². The van der Waals surface area contributed by atoms with Crippen LogP contribution in [0.4, 0.5) is 4.39 Å². The van der Waals surface area contributed by atoms with E-state index in [1.807, 2.05) is 0 Å². The second-order valence-electron chi connectivity index (χ2n) is 2.92. The molecule has 0 aliphatic heterocycles. The molecule has 0 N–H and O–H groups in total. The van der Waals surface area contributed by atoms with Gasteiger partial charge in [-0.2, -0.15) is 0 Å². The lowest BCUT2D eigenvalue weighted by Crippen LogP contribution is -2.21. The van der Waals surface area contributed by atoms with Crippen molar-refractivity contribution >= 4 is 0 Å². The van der Waals surface area contributed by atoms with E-state index >= 15 is 0 Å². The Bertz CT molecular complexity index is 201. The molecule has 0 amide bonds. The summed E-state index contributed by atoms with van der Waals surface area (Å²) in [7, 11) is 0. The molecule has 0 aromatic heterocycles. The van der Waals surface area contributed by atoms with Crippen LogP contribution in [0.1, 0.15) is 20.8 Å². The van der Waals surface area contributed by atoms with Gasteiger partial charge < -0.3 is 4.90 Å². The van der Waals surface area contributed by atoms with Crippen LogP contribution in [0.2, 0.25) is 0 Å². The molecule has 0 unspecified atom stereocenters. The second kappa shape index (κ2) is 8.70. The molecule has 0 atom stereocenters. The average molecular weight is 197 g/mol. The molecule has 14 heavy (non-hydrogen) atoms. The van der Waals surface area contributed by atoms with Crippen LogP contribution in [0, 0.1) is 5.82 Å². The quantitative estimate of drug-likeness (QED) is 0.719. The van der Waals surface area contributed by atoms with Gasteiger partial charge in [-0.1, -0.05) is 39.0 Å².